The molecule has 0 spiro atoms. The molecule has 1 aromatic rings. The lowest BCUT2D eigenvalue weighted by atomic mass is 9.98. The van der Waals surface area contributed by atoms with Crippen molar-refractivity contribution in [2.75, 3.05) is 13.1 Å². The second kappa shape index (κ2) is 4.26. The lowest BCUT2D eigenvalue weighted by Crippen LogP contribution is -2.52. The van der Waals surface area contributed by atoms with Crippen LogP contribution in [-0.4, -0.2) is 26.4 Å². The summed E-state index contributed by atoms with van der Waals surface area (Å²) < 4.78 is 39.3. The Bertz CT molecular complexity index is 604. The molecule has 0 bridgehead atoms. The first kappa shape index (κ1) is 13.0. The fourth-order valence-electron chi connectivity index (χ4n) is 3.41. The van der Waals surface area contributed by atoms with E-state index >= 15 is 0 Å². The Balaban J connectivity index is 2.08. The maximum atomic E-state index is 13.8. The van der Waals surface area contributed by atoms with Gasteiger partial charge in [0.05, 0.1) is 0 Å². The Morgan fingerprint density at radius 1 is 1.32 bits per heavy atom. The largest absolute Gasteiger partial charge is 0.316 e. The maximum absolute atomic E-state index is 13.8. The number of hydrogen-bond acceptors (Lipinski definition) is 4. The summed E-state index contributed by atoms with van der Waals surface area (Å²) in [6.45, 7) is 1.39. The first-order valence-corrected chi connectivity index (χ1v) is 7.94. The van der Waals surface area contributed by atoms with Gasteiger partial charge in [0.25, 0.3) is 0 Å². The Labute approximate surface area is 112 Å². The minimum Gasteiger partial charge on any atom is -0.316 e. The molecule has 3 N–H and O–H groups in total. The molecule has 2 aliphatic rings. The SMILES string of the molecule is NC1(S(=O)(=O)c2ccccc2F)CCC2CNCC21. The van der Waals surface area contributed by atoms with Gasteiger partial charge in [-0.1, -0.05) is 12.1 Å². The zero-order chi connectivity index (χ0) is 13.7. The Morgan fingerprint density at radius 2 is 2.05 bits per heavy atom. The third-order valence-electron chi connectivity index (χ3n) is 4.50. The predicted octanol–water partition coefficient (Wildman–Crippen LogP) is 0.884. The molecule has 2 fully saturated rings. The van der Waals surface area contributed by atoms with Gasteiger partial charge in [-0.25, -0.2) is 12.8 Å². The van der Waals surface area contributed by atoms with Crippen molar-refractivity contribution in [3.63, 3.8) is 0 Å². The Kier molecular flexibility index (Phi) is 2.92. The van der Waals surface area contributed by atoms with E-state index in [-0.39, 0.29) is 16.7 Å². The lowest BCUT2D eigenvalue weighted by Gasteiger charge is -2.30. The van der Waals surface area contributed by atoms with Gasteiger partial charge in [0, 0.05) is 12.5 Å². The van der Waals surface area contributed by atoms with Gasteiger partial charge in [0.15, 0.2) is 9.84 Å². The minimum atomic E-state index is -3.86. The van der Waals surface area contributed by atoms with Crippen LogP contribution in [-0.2, 0) is 9.84 Å². The Morgan fingerprint density at radius 3 is 2.79 bits per heavy atom. The van der Waals surface area contributed by atoms with E-state index in [9.17, 15) is 12.8 Å². The standard InChI is InChI=1S/C13H17FN2O2S/c14-11-3-1-2-4-12(11)19(17,18)13(15)6-5-9-7-16-8-10(9)13/h1-4,9-10,16H,5-8,15H2. The summed E-state index contributed by atoms with van der Waals surface area (Å²) >= 11 is 0. The summed E-state index contributed by atoms with van der Waals surface area (Å²) in [6, 6.07) is 5.47. The van der Waals surface area contributed by atoms with Crippen LogP contribution in [0.2, 0.25) is 0 Å². The van der Waals surface area contributed by atoms with Gasteiger partial charge in [-0.15, -0.1) is 0 Å². The van der Waals surface area contributed by atoms with E-state index in [4.69, 9.17) is 5.73 Å². The highest BCUT2D eigenvalue weighted by Crippen LogP contribution is 2.46. The first-order chi connectivity index (χ1) is 8.97. The van der Waals surface area contributed by atoms with Gasteiger partial charge in [0.2, 0.25) is 0 Å². The van der Waals surface area contributed by atoms with Crippen molar-refractivity contribution in [3.05, 3.63) is 30.1 Å². The van der Waals surface area contributed by atoms with Crippen molar-refractivity contribution in [2.45, 2.75) is 22.6 Å². The van der Waals surface area contributed by atoms with Crippen molar-refractivity contribution in [2.24, 2.45) is 17.6 Å². The van der Waals surface area contributed by atoms with Crippen molar-refractivity contribution in [1.82, 2.24) is 5.32 Å². The van der Waals surface area contributed by atoms with E-state index in [0.717, 1.165) is 19.0 Å². The molecule has 1 aliphatic carbocycles. The third-order valence-corrected chi connectivity index (χ3v) is 6.92. The molecule has 6 heteroatoms. The number of nitrogens with one attached hydrogen (secondary N) is 1. The molecule has 0 amide bonds. The normalized spacial score (nSPS) is 34.4. The smallest absolute Gasteiger partial charge is 0.200 e. The number of sulfone groups is 1. The molecule has 3 rings (SSSR count). The highest BCUT2D eigenvalue weighted by Gasteiger charge is 2.56. The van der Waals surface area contributed by atoms with Gasteiger partial charge in [-0.05, 0) is 37.4 Å². The fourth-order valence-corrected chi connectivity index (χ4v) is 5.46. The maximum Gasteiger partial charge on any atom is 0.200 e. The molecule has 0 radical (unpaired) electrons. The van der Waals surface area contributed by atoms with Gasteiger partial charge >= 0.3 is 0 Å². The predicted molar refractivity (Wildman–Crippen MR) is 69.6 cm³/mol. The lowest BCUT2D eigenvalue weighted by molar-refractivity contribution is 0.394. The van der Waals surface area contributed by atoms with Gasteiger partial charge in [-0.3, -0.25) is 0 Å². The van der Waals surface area contributed by atoms with Crippen molar-refractivity contribution >= 4 is 9.84 Å². The molecule has 1 aromatic carbocycles. The molecule has 19 heavy (non-hydrogen) atoms. The summed E-state index contributed by atoms with van der Waals surface area (Å²) in [5.41, 5.74) is 6.23. The van der Waals surface area contributed by atoms with Gasteiger partial charge in [-0.2, -0.15) is 0 Å². The first-order valence-electron chi connectivity index (χ1n) is 6.45. The fraction of sp³-hybridized carbons (Fsp3) is 0.538. The van der Waals surface area contributed by atoms with Crippen LogP contribution in [0.15, 0.2) is 29.2 Å². The molecule has 1 heterocycles. The zero-order valence-corrected chi connectivity index (χ0v) is 11.3. The van der Waals surface area contributed by atoms with Crippen LogP contribution < -0.4 is 11.1 Å². The zero-order valence-electron chi connectivity index (χ0n) is 10.5. The van der Waals surface area contributed by atoms with Gasteiger partial charge < -0.3 is 11.1 Å². The molecular formula is C13H17FN2O2S. The third kappa shape index (κ3) is 1.74. The van der Waals surface area contributed by atoms with Crippen LogP contribution in [0.3, 0.4) is 0 Å². The number of halogens is 1. The number of benzene rings is 1. The molecule has 0 aromatic heterocycles. The molecule has 3 atom stereocenters. The van der Waals surface area contributed by atoms with Crippen molar-refractivity contribution in [3.8, 4) is 0 Å². The average molecular weight is 284 g/mol. The van der Waals surface area contributed by atoms with Gasteiger partial charge in [0.1, 0.15) is 15.6 Å². The van der Waals surface area contributed by atoms with E-state index in [1.54, 1.807) is 0 Å². The van der Waals surface area contributed by atoms with Crippen LogP contribution >= 0.6 is 0 Å². The van der Waals surface area contributed by atoms with Crippen molar-refractivity contribution < 1.29 is 12.8 Å². The molecule has 3 unspecified atom stereocenters. The second-order valence-corrected chi connectivity index (χ2v) is 7.66. The van der Waals surface area contributed by atoms with E-state index in [1.807, 2.05) is 0 Å². The topological polar surface area (TPSA) is 72.2 Å². The molecule has 1 saturated heterocycles. The van der Waals surface area contributed by atoms with E-state index in [0.29, 0.717) is 13.0 Å². The highest BCUT2D eigenvalue weighted by atomic mass is 32.2. The summed E-state index contributed by atoms with van der Waals surface area (Å²) in [7, 11) is -3.86. The molecule has 4 nitrogen and oxygen atoms in total. The minimum absolute atomic E-state index is 0.128. The van der Waals surface area contributed by atoms with Crippen LogP contribution in [0.1, 0.15) is 12.8 Å². The van der Waals surface area contributed by atoms with Crippen LogP contribution in [0.25, 0.3) is 0 Å². The summed E-state index contributed by atoms with van der Waals surface area (Å²) in [5.74, 6) is -0.564. The molecule has 1 aliphatic heterocycles. The highest BCUT2D eigenvalue weighted by molar-refractivity contribution is 7.92. The van der Waals surface area contributed by atoms with Crippen LogP contribution in [0.5, 0.6) is 0 Å². The quantitative estimate of drug-likeness (QED) is 0.846. The summed E-state index contributed by atoms with van der Waals surface area (Å²) in [4.78, 5) is -1.62. The van der Waals surface area contributed by atoms with Crippen LogP contribution in [0, 0.1) is 17.7 Å². The number of hydrogen-bond donors (Lipinski definition) is 2. The average Bonchev–Trinajstić information content (AvgIpc) is 2.95. The molecule has 104 valence electrons. The van der Waals surface area contributed by atoms with E-state index < -0.39 is 20.5 Å². The van der Waals surface area contributed by atoms with Crippen LogP contribution in [0.4, 0.5) is 4.39 Å². The monoisotopic (exact) mass is 284 g/mol. The Hall–Kier alpha value is -0.980. The van der Waals surface area contributed by atoms with E-state index in [1.165, 1.54) is 18.2 Å². The molecule has 1 saturated carbocycles. The van der Waals surface area contributed by atoms with Crippen molar-refractivity contribution in [1.29, 1.82) is 0 Å². The number of fused-ring (bicyclic) bond motifs is 1. The van der Waals surface area contributed by atoms with E-state index in [2.05, 4.69) is 5.32 Å². The molecular weight excluding hydrogens is 267 g/mol. The summed E-state index contributed by atoms with van der Waals surface area (Å²) in [6.07, 6.45) is 1.18. The second-order valence-electron chi connectivity index (χ2n) is 5.45. The summed E-state index contributed by atoms with van der Waals surface area (Å²) in [5, 5.41) is 3.18. The number of rotatable bonds is 2. The number of nitrogens with two attached hydrogens (primary N) is 1.